The molecule has 1 aromatic heterocycles. The molecule has 0 spiro atoms. The molecule has 1 aliphatic rings. The van der Waals surface area contributed by atoms with Gasteiger partial charge < -0.3 is 10.6 Å². The van der Waals surface area contributed by atoms with Gasteiger partial charge in [0, 0.05) is 35.4 Å². The van der Waals surface area contributed by atoms with Gasteiger partial charge in [-0.05, 0) is 18.2 Å². The Bertz CT molecular complexity index is 1200. The summed E-state index contributed by atoms with van der Waals surface area (Å²) in [6, 6.07) is 14.3. The van der Waals surface area contributed by atoms with Gasteiger partial charge in [-0.15, -0.1) is 0 Å². The van der Waals surface area contributed by atoms with E-state index in [0.717, 1.165) is 0 Å². The normalized spacial score (nSPS) is 12.0. The molecule has 0 saturated heterocycles. The molecule has 2 amide bonds. The second-order valence-electron chi connectivity index (χ2n) is 6.50. The van der Waals surface area contributed by atoms with E-state index in [1.54, 1.807) is 42.5 Å². The molecule has 1 heterocycles. The fourth-order valence-corrected chi connectivity index (χ4v) is 3.26. The van der Waals surface area contributed by atoms with Crippen LogP contribution in [0, 0.1) is 0 Å². The Morgan fingerprint density at radius 2 is 1.52 bits per heavy atom. The number of rotatable bonds is 3. The fraction of sp³-hybridized carbons (Fsp3) is 0.0455. The van der Waals surface area contributed by atoms with Gasteiger partial charge in [0.25, 0.3) is 5.91 Å². The molecule has 4 rings (SSSR count). The van der Waals surface area contributed by atoms with E-state index in [1.165, 1.54) is 25.3 Å². The van der Waals surface area contributed by atoms with Gasteiger partial charge in [-0.3, -0.25) is 19.2 Å². The maximum atomic E-state index is 13.0. The molecule has 0 radical (unpaired) electrons. The molecule has 0 bridgehead atoms. The van der Waals surface area contributed by atoms with Gasteiger partial charge in [-0.1, -0.05) is 36.4 Å². The van der Waals surface area contributed by atoms with Gasteiger partial charge in [0.15, 0.2) is 11.6 Å². The van der Waals surface area contributed by atoms with E-state index in [1.807, 2.05) is 0 Å². The Hall–Kier alpha value is -4.13. The third kappa shape index (κ3) is 3.29. The van der Waals surface area contributed by atoms with Gasteiger partial charge in [-0.2, -0.15) is 0 Å². The first-order valence-electron chi connectivity index (χ1n) is 8.82. The maximum Gasteiger partial charge on any atom is 0.255 e. The lowest BCUT2D eigenvalue weighted by Gasteiger charge is -2.20. The highest BCUT2D eigenvalue weighted by molar-refractivity contribution is 6.30. The Kier molecular flexibility index (Phi) is 4.48. The number of amides is 2. The Morgan fingerprint density at radius 3 is 2.24 bits per heavy atom. The van der Waals surface area contributed by atoms with Crippen molar-refractivity contribution in [1.82, 2.24) is 4.98 Å². The number of benzene rings is 2. The summed E-state index contributed by atoms with van der Waals surface area (Å²) in [5, 5.41) is 5.21. The zero-order chi connectivity index (χ0) is 20.5. The van der Waals surface area contributed by atoms with Crippen molar-refractivity contribution in [2.75, 3.05) is 10.6 Å². The molecule has 0 saturated carbocycles. The van der Waals surface area contributed by atoms with E-state index < -0.39 is 5.91 Å². The number of hydrogen-bond donors (Lipinski definition) is 2. The number of ketones is 2. The third-order valence-electron chi connectivity index (χ3n) is 4.53. The number of pyridine rings is 1. The van der Waals surface area contributed by atoms with Crippen LogP contribution in [0.25, 0.3) is 0 Å². The number of carbonyl (C=O) groups excluding carboxylic acids is 4. The van der Waals surface area contributed by atoms with Crippen molar-refractivity contribution in [2.24, 2.45) is 0 Å². The predicted octanol–water partition coefficient (Wildman–Crippen LogP) is 3.07. The average Bonchev–Trinajstić information content (AvgIpc) is 2.71. The number of nitrogens with zero attached hydrogens (tertiary/aromatic N) is 1. The molecular formula is C22H15N3O4. The van der Waals surface area contributed by atoms with E-state index >= 15 is 0 Å². The SMILES string of the molecule is CC(=O)Nc1cc(C(=O)Nc2cccc3c2C(=O)c2ccccc2C3=O)ccn1. The van der Waals surface area contributed by atoms with Gasteiger partial charge in [-0.25, -0.2) is 4.98 Å². The lowest BCUT2D eigenvalue weighted by Crippen LogP contribution is -2.24. The van der Waals surface area contributed by atoms with Crippen LogP contribution >= 0.6 is 0 Å². The van der Waals surface area contributed by atoms with Crippen LogP contribution in [0.5, 0.6) is 0 Å². The second-order valence-corrected chi connectivity index (χ2v) is 6.50. The van der Waals surface area contributed by atoms with Gasteiger partial charge in [0.1, 0.15) is 5.82 Å². The maximum absolute atomic E-state index is 13.0. The first-order chi connectivity index (χ1) is 14.0. The monoisotopic (exact) mass is 385 g/mol. The molecule has 7 heteroatoms. The smallest absolute Gasteiger partial charge is 0.255 e. The minimum absolute atomic E-state index is 0.167. The van der Waals surface area contributed by atoms with Crippen LogP contribution in [0.4, 0.5) is 11.5 Å². The first-order valence-corrected chi connectivity index (χ1v) is 8.82. The van der Waals surface area contributed by atoms with E-state index in [0.29, 0.717) is 11.1 Å². The number of nitrogens with one attached hydrogen (secondary N) is 2. The summed E-state index contributed by atoms with van der Waals surface area (Å²) in [4.78, 5) is 53.7. The Balaban J connectivity index is 1.70. The van der Waals surface area contributed by atoms with Crippen molar-refractivity contribution in [2.45, 2.75) is 6.92 Å². The van der Waals surface area contributed by atoms with Crippen LogP contribution in [0.15, 0.2) is 60.8 Å². The highest BCUT2D eigenvalue weighted by Gasteiger charge is 2.31. The van der Waals surface area contributed by atoms with Crippen LogP contribution in [0.1, 0.15) is 49.1 Å². The van der Waals surface area contributed by atoms with Crippen molar-refractivity contribution in [3.05, 3.63) is 88.6 Å². The van der Waals surface area contributed by atoms with Crippen molar-refractivity contribution >= 4 is 34.9 Å². The quantitative estimate of drug-likeness (QED) is 0.564. The summed E-state index contributed by atoms with van der Waals surface area (Å²) in [7, 11) is 0. The standard InChI is InChI=1S/C22H15N3O4/c1-12(26)24-18-11-13(9-10-23-18)22(29)25-17-8-4-7-16-19(17)21(28)15-6-3-2-5-14(15)20(16)27/h2-11H,1H3,(H,25,29)(H,23,24,26). The zero-order valence-electron chi connectivity index (χ0n) is 15.4. The summed E-state index contributed by atoms with van der Waals surface area (Å²) < 4.78 is 0. The number of aromatic nitrogens is 1. The largest absolute Gasteiger partial charge is 0.321 e. The molecule has 7 nitrogen and oxygen atoms in total. The number of fused-ring (bicyclic) bond motifs is 2. The van der Waals surface area contributed by atoms with Gasteiger partial charge in [0.05, 0.1) is 11.3 Å². The average molecular weight is 385 g/mol. The van der Waals surface area contributed by atoms with Crippen molar-refractivity contribution in [3.63, 3.8) is 0 Å². The van der Waals surface area contributed by atoms with Crippen molar-refractivity contribution < 1.29 is 19.2 Å². The Morgan fingerprint density at radius 1 is 0.828 bits per heavy atom. The van der Waals surface area contributed by atoms with Crippen molar-refractivity contribution in [1.29, 1.82) is 0 Å². The second kappa shape index (κ2) is 7.12. The number of carbonyl (C=O) groups is 4. The minimum atomic E-state index is -0.494. The van der Waals surface area contributed by atoms with Crippen LogP contribution in [0.3, 0.4) is 0 Å². The lowest BCUT2D eigenvalue weighted by atomic mass is 9.83. The van der Waals surface area contributed by atoms with Gasteiger partial charge >= 0.3 is 0 Å². The summed E-state index contributed by atoms with van der Waals surface area (Å²) >= 11 is 0. The lowest BCUT2D eigenvalue weighted by molar-refractivity contribution is -0.114. The van der Waals surface area contributed by atoms with Gasteiger partial charge in [0.2, 0.25) is 5.91 Å². The molecule has 29 heavy (non-hydrogen) atoms. The molecule has 0 unspecified atom stereocenters. The summed E-state index contributed by atoms with van der Waals surface area (Å²) in [5.74, 6) is -1.15. The molecule has 0 fully saturated rings. The molecule has 2 N–H and O–H groups in total. The highest BCUT2D eigenvalue weighted by atomic mass is 16.2. The summed E-state index contributed by atoms with van der Waals surface area (Å²) in [6.45, 7) is 1.34. The van der Waals surface area contributed by atoms with E-state index in [4.69, 9.17) is 0 Å². The van der Waals surface area contributed by atoms with Crippen molar-refractivity contribution in [3.8, 4) is 0 Å². The first kappa shape index (κ1) is 18.2. The van der Waals surface area contributed by atoms with Crippen LogP contribution in [0.2, 0.25) is 0 Å². The topological polar surface area (TPSA) is 105 Å². The Labute approximate surface area is 165 Å². The number of anilines is 2. The van der Waals surface area contributed by atoms with E-state index in [-0.39, 0.29) is 45.7 Å². The molecule has 2 aromatic carbocycles. The molecule has 3 aromatic rings. The molecule has 1 aliphatic carbocycles. The zero-order valence-corrected chi connectivity index (χ0v) is 15.4. The molecule has 0 aliphatic heterocycles. The summed E-state index contributed by atoms with van der Waals surface area (Å²) in [6.07, 6.45) is 1.39. The molecular weight excluding hydrogens is 370 g/mol. The van der Waals surface area contributed by atoms with Crippen LogP contribution < -0.4 is 10.6 Å². The highest BCUT2D eigenvalue weighted by Crippen LogP contribution is 2.32. The minimum Gasteiger partial charge on any atom is -0.321 e. The van der Waals surface area contributed by atoms with E-state index in [2.05, 4.69) is 15.6 Å². The molecule has 142 valence electrons. The third-order valence-corrected chi connectivity index (χ3v) is 4.53. The van der Waals surface area contributed by atoms with E-state index in [9.17, 15) is 19.2 Å². The fourth-order valence-electron chi connectivity index (χ4n) is 3.26. The summed E-state index contributed by atoms with van der Waals surface area (Å²) in [5.41, 5.74) is 1.57. The van der Waals surface area contributed by atoms with Crippen LogP contribution in [-0.2, 0) is 4.79 Å². The number of hydrogen-bond acceptors (Lipinski definition) is 5. The molecule has 0 atom stereocenters. The predicted molar refractivity (Wildman–Crippen MR) is 106 cm³/mol. The van der Waals surface area contributed by atoms with Crippen LogP contribution in [-0.4, -0.2) is 28.4 Å².